The minimum absolute atomic E-state index is 0.0360. The smallest absolute Gasteiger partial charge is 0.272 e. The van der Waals surface area contributed by atoms with Crippen LogP contribution in [0.1, 0.15) is 32.3 Å². The molecule has 0 radical (unpaired) electrons. The normalized spacial score (nSPS) is 11.5. The average molecular weight is 703 g/mol. The highest BCUT2D eigenvalue weighted by Gasteiger charge is 2.24. The third-order valence-corrected chi connectivity index (χ3v) is 8.93. The maximum atomic E-state index is 13.7. The number of nitrogens with zero attached hydrogens (tertiary/aromatic N) is 1. The first-order valence-electron chi connectivity index (χ1n) is 15.6. The molecule has 0 bridgehead atoms. The Morgan fingerprint density at radius 2 is 1.49 bits per heavy atom. The summed E-state index contributed by atoms with van der Waals surface area (Å²) in [5, 5.41) is 19.1. The lowest BCUT2D eigenvalue weighted by molar-refractivity contribution is -0.384. The molecule has 5 aromatic carbocycles. The summed E-state index contributed by atoms with van der Waals surface area (Å²) in [6, 6.07) is 34.0. The fraction of sp³-hybridized carbons (Fsp3) is 0.103. The Bertz CT molecular complexity index is 2070. The number of amides is 3. The van der Waals surface area contributed by atoms with E-state index in [4.69, 9.17) is 9.47 Å². The second kappa shape index (κ2) is 16.8. The second-order valence-corrected chi connectivity index (χ2v) is 12.3. The summed E-state index contributed by atoms with van der Waals surface area (Å²) in [4.78, 5) is 52.0. The molecular formula is C39H34N4O7S. The number of rotatable bonds is 13. The number of nitrogens with one attached hydrogen (secondary N) is 3. The van der Waals surface area contributed by atoms with Crippen molar-refractivity contribution in [2.75, 3.05) is 24.9 Å². The van der Waals surface area contributed by atoms with E-state index >= 15 is 0 Å². The molecule has 11 nitrogen and oxygen atoms in total. The van der Waals surface area contributed by atoms with E-state index in [9.17, 15) is 24.5 Å². The number of benzene rings is 5. The molecule has 0 saturated carbocycles. The van der Waals surface area contributed by atoms with Crippen molar-refractivity contribution in [3.63, 3.8) is 0 Å². The monoisotopic (exact) mass is 702 g/mol. The van der Waals surface area contributed by atoms with Crippen molar-refractivity contribution in [3.8, 4) is 11.5 Å². The Hall–Kier alpha value is -6.40. The molecule has 258 valence electrons. The standard InChI is InChI=1S/C39H34N4O7S/c1-25-14-17-30(43(47)48)24-33(25)41-39(46)36(26-10-6-4-7-11-26)51-32-19-15-29(16-20-32)40-38(45)34(42-37(44)27-12-8-5-9-13-27)23-28-22-31(49-2)18-21-35(28)50-3/h4-24,36H,1-3H3,(H,40,45)(H,41,46)(H,42,44)/b34-23-. The summed E-state index contributed by atoms with van der Waals surface area (Å²) >= 11 is 1.28. The number of anilines is 2. The van der Waals surface area contributed by atoms with E-state index in [-0.39, 0.29) is 17.3 Å². The fourth-order valence-corrected chi connectivity index (χ4v) is 5.98. The summed E-state index contributed by atoms with van der Waals surface area (Å²) in [6.45, 7) is 1.76. The molecule has 12 heteroatoms. The first kappa shape index (κ1) is 35.9. The van der Waals surface area contributed by atoms with Crippen LogP contribution < -0.4 is 25.4 Å². The van der Waals surface area contributed by atoms with Gasteiger partial charge >= 0.3 is 0 Å². The summed E-state index contributed by atoms with van der Waals surface area (Å²) in [6.07, 6.45) is 1.51. The largest absolute Gasteiger partial charge is 0.497 e. The summed E-state index contributed by atoms with van der Waals surface area (Å²) < 4.78 is 10.8. The van der Waals surface area contributed by atoms with Crippen molar-refractivity contribution in [3.05, 3.63) is 159 Å². The van der Waals surface area contributed by atoms with Crippen molar-refractivity contribution < 1.29 is 28.8 Å². The van der Waals surface area contributed by atoms with Crippen LogP contribution in [0.5, 0.6) is 11.5 Å². The number of methoxy groups -OCH3 is 2. The molecule has 0 aliphatic rings. The Labute approximate surface area is 298 Å². The molecule has 0 spiro atoms. The maximum Gasteiger partial charge on any atom is 0.272 e. The number of non-ortho nitro benzene ring substituents is 1. The Morgan fingerprint density at radius 1 is 0.804 bits per heavy atom. The van der Waals surface area contributed by atoms with Crippen LogP contribution in [0.2, 0.25) is 0 Å². The van der Waals surface area contributed by atoms with Crippen molar-refractivity contribution in [1.29, 1.82) is 0 Å². The molecule has 0 fully saturated rings. The quantitative estimate of drug-likeness (QED) is 0.0487. The van der Waals surface area contributed by atoms with E-state index in [1.165, 1.54) is 44.2 Å². The molecule has 3 amide bonds. The van der Waals surface area contributed by atoms with E-state index in [0.717, 1.165) is 10.5 Å². The van der Waals surface area contributed by atoms with Gasteiger partial charge < -0.3 is 25.4 Å². The predicted octanol–water partition coefficient (Wildman–Crippen LogP) is 7.80. The van der Waals surface area contributed by atoms with Crippen LogP contribution in [-0.2, 0) is 9.59 Å². The van der Waals surface area contributed by atoms with E-state index in [1.54, 1.807) is 85.8 Å². The number of hydrogen-bond acceptors (Lipinski definition) is 8. The van der Waals surface area contributed by atoms with Crippen molar-refractivity contribution in [2.24, 2.45) is 0 Å². The van der Waals surface area contributed by atoms with Crippen LogP contribution in [0.25, 0.3) is 6.08 Å². The molecule has 0 heterocycles. The molecule has 1 unspecified atom stereocenters. The SMILES string of the molecule is COc1ccc(OC)c(/C=C(\NC(=O)c2ccccc2)C(=O)Nc2ccc(SC(C(=O)Nc3cc([N+](=O)[O-])ccc3C)c3ccccc3)cc2)c1. The topological polar surface area (TPSA) is 149 Å². The van der Waals surface area contributed by atoms with Gasteiger partial charge in [0, 0.05) is 33.8 Å². The molecule has 5 rings (SSSR count). The van der Waals surface area contributed by atoms with Crippen molar-refractivity contribution in [1.82, 2.24) is 5.32 Å². The zero-order valence-electron chi connectivity index (χ0n) is 27.9. The first-order chi connectivity index (χ1) is 24.6. The van der Waals surface area contributed by atoms with Crippen LogP contribution in [0.3, 0.4) is 0 Å². The zero-order chi connectivity index (χ0) is 36.3. The van der Waals surface area contributed by atoms with Gasteiger partial charge in [-0.05, 0) is 78.7 Å². The lowest BCUT2D eigenvalue weighted by atomic mass is 10.1. The molecular weight excluding hydrogens is 669 g/mol. The summed E-state index contributed by atoms with van der Waals surface area (Å²) in [5.74, 6) is -0.417. The van der Waals surface area contributed by atoms with Gasteiger partial charge in [-0.2, -0.15) is 0 Å². The van der Waals surface area contributed by atoms with Crippen LogP contribution >= 0.6 is 11.8 Å². The highest BCUT2D eigenvalue weighted by molar-refractivity contribution is 8.00. The van der Waals surface area contributed by atoms with Crippen LogP contribution in [-0.4, -0.2) is 36.9 Å². The van der Waals surface area contributed by atoms with Gasteiger partial charge in [0.15, 0.2) is 0 Å². The minimum atomic E-state index is -0.703. The summed E-state index contributed by atoms with van der Waals surface area (Å²) in [5.41, 5.74) is 2.92. The predicted molar refractivity (Wildman–Crippen MR) is 198 cm³/mol. The average Bonchev–Trinajstić information content (AvgIpc) is 3.15. The number of aryl methyl sites for hydroxylation is 1. The van der Waals surface area contributed by atoms with Gasteiger partial charge in [0.25, 0.3) is 17.5 Å². The van der Waals surface area contributed by atoms with Gasteiger partial charge in [0.2, 0.25) is 5.91 Å². The Kier molecular flexibility index (Phi) is 11.8. The number of nitro benzene ring substituents is 1. The van der Waals surface area contributed by atoms with E-state index < -0.39 is 22.0 Å². The van der Waals surface area contributed by atoms with Gasteiger partial charge in [-0.15, -0.1) is 11.8 Å². The number of thioether (sulfide) groups is 1. The molecule has 0 saturated heterocycles. The number of carbonyl (C=O) groups is 3. The molecule has 1 atom stereocenters. The van der Waals surface area contributed by atoms with E-state index in [2.05, 4.69) is 16.0 Å². The molecule has 5 aromatic rings. The van der Waals surface area contributed by atoms with E-state index in [1.807, 2.05) is 30.3 Å². The Balaban J connectivity index is 1.37. The Morgan fingerprint density at radius 3 is 2.14 bits per heavy atom. The number of nitro groups is 1. The molecule has 51 heavy (non-hydrogen) atoms. The van der Waals surface area contributed by atoms with Crippen LogP contribution in [0, 0.1) is 17.0 Å². The lowest BCUT2D eigenvalue weighted by Gasteiger charge is -2.18. The third kappa shape index (κ3) is 9.40. The summed E-state index contributed by atoms with van der Waals surface area (Å²) in [7, 11) is 3.02. The van der Waals surface area contributed by atoms with Crippen LogP contribution in [0.15, 0.2) is 132 Å². The first-order valence-corrected chi connectivity index (χ1v) is 16.5. The molecule has 0 aliphatic heterocycles. The minimum Gasteiger partial charge on any atom is -0.497 e. The zero-order valence-corrected chi connectivity index (χ0v) is 28.7. The van der Waals surface area contributed by atoms with Gasteiger partial charge in [-0.3, -0.25) is 24.5 Å². The molecule has 0 aromatic heterocycles. The number of hydrogen-bond donors (Lipinski definition) is 3. The van der Waals surface area contributed by atoms with Crippen molar-refractivity contribution in [2.45, 2.75) is 17.1 Å². The highest BCUT2D eigenvalue weighted by atomic mass is 32.2. The molecule has 0 aliphatic carbocycles. The maximum absolute atomic E-state index is 13.7. The van der Waals surface area contributed by atoms with Gasteiger partial charge in [-0.25, -0.2) is 0 Å². The van der Waals surface area contributed by atoms with Gasteiger partial charge in [0.1, 0.15) is 22.4 Å². The third-order valence-electron chi connectivity index (χ3n) is 7.66. The lowest BCUT2D eigenvalue weighted by Crippen LogP contribution is -2.30. The second-order valence-electron chi connectivity index (χ2n) is 11.1. The van der Waals surface area contributed by atoms with Gasteiger partial charge in [-0.1, -0.05) is 54.6 Å². The highest BCUT2D eigenvalue weighted by Crippen LogP contribution is 2.37. The fourth-order valence-electron chi connectivity index (χ4n) is 4.96. The van der Waals surface area contributed by atoms with Gasteiger partial charge in [0.05, 0.1) is 24.8 Å². The van der Waals surface area contributed by atoms with Crippen LogP contribution in [0.4, 0.5) is 17.1 Å². The van der Waals surface area contributed by atoms with Crippen molar-refractivity contribution >= 4 is 52.6 Å². The van der Waals surface area contributed by atoms with E-state index in [0.29, 0.717) is 39.6 Å². The number of carbonyl (C=O) groups excluding carboxylic acids is 3. The number of ether oxygens (including phenoxy) is 2. The molecule has 3 N–H and O–H groups in total.